The summed E-state index contributed by atoms with van der Waals surface area (Å²) in [7, 11) is 0. The van der Waals surface area contributed by atoms with Crippen LogP contribution in [0.3, 0.4) is 0 Å². The number of fused-ring (bicyclic) bond motifs is 2. The smallest absolute Gasteiger partial charge is 0.0930 e. The Kier molecular flexibility index (Phi) is 2.08. The molecule has 2 saturated carbocycles. The zero-order valence-electron chi connectivity index (χ0n) is 8.49. The molecule has 15 heavy (non-hydrogen) atoms. The first-order valence-corrected chi connectivity index (χ1v) is 5.90. The van der Waals surface area contributed by atoms with Gasteiger partial charge in [0.1, 0.15) is 0 Å². The predicted molar refractivity (Wildman–Crippen MR) is 60.5 cm³/mol. The van der Waals surface area contributed by atoms with E-state index < -0.39 is 5.60 Å². The maximum Gasteiger partial charge on any atom is 0.0930 e. The Morgan fingerprint density at radius 2 is 1.93 bits per heavy atom. The molecule has 0 heterocycles. The first-order chi connectivity index (χ1) is 7.18. The molecule has 0 amide bonds. The molecule has 2 unspecified atom stereocenters. The highest BCUT2D eigenvalue weighted by Gasteiger charge is 2.50. The monoisotopic (exact) mass is 221 g/mol. The zero-order chi connectivity index (χ0) is 10.5. The molecule has 2 fully saturated rings. The summed E-state index contributed by atoms with van der Waals surface area (Å²) < 4.78 is 0. The summed E-state index contributed by atoms with van der Waals surface area (Å²) in [6, 6.07) is 7.63. The van der Waals surface area contributed by atoms with Gasteiger partial charge in [0.2, 0.25) is 0 Å². The van der Waals surface area contributed by atoms with Gasteiger partial charge in [0.15, 0.2) is 0 Å². The Balaban J connectivity index is 1.96. The van der Waals surface area contributed by atoms with Crippen molar-refractivity contribution in [2.24, 2.45) is 11.8 Å². The molecule has 2 aliphatic rings. The van der Waals surface area contributed by atoms with Crippen LogP contribution >= 0.6 is 11.6 Å². The fourth-order valence-electron chi connectivity index (χ4n) is 3.10. The Labute approximate surface area is 95.1 Å². The van der Waals surface area contributed by atoms with Crippen molar-refractivity contribution in [2.45, 2.75) is 24.9 Å². The van der Waals surface area contributed by atoms with Gasteiger partial charge in [-0.05, 0) is 55.2 Å². The van der Waals surface area contributed by atoms with E-state index in [0.717, 1.165) is 23.4 Å². The van der Waals surface area contributed by atoms with Gasteiger partial charge in [-0.2, -0.15) is 0 Å². The second-order valence-electron chi connectivity index (χ2n) is 4.77. The Morgan fingerprint density at radius 3 is 2.47 bits per heavy atom. The van der Waals surface area contributed by atoms with Crippen LogP contribution in [0.2, 0.25) is 5.02 Å². The van der Waals surface area contributed by atoms with Gasteiger partial charge in [0, 0.05) is 5.02 Å². The van der Waals surface area contributed by atoms with Crippen LogP contribution in [-0.4, -0.2) is 5.11 Å². The lowest BCUT2D eigenvalue weighted by Crippen LogP contribution is -2.32. The van der Waals surface area contributed by atoms with Crippen molar-refractivity contribution in [3.63, 3.8) is 0 Å². The standard InChI is InChI=1S/C13H14ClO/c14-12-5-3-10(4-6-12)13(15)8-9-1-2-11(13)7-9/h3-7,9,11,15H,1-2,8H2/t9?,11?,13-/m0/s1. The maximum absolute atomic E-state index is 10.7. The van der Waals surface area contributed by atoms with Crippen molar-refractivity contribution in [3.8, 4) is 0 Å². The second kappa shape index (κ2) is 3.23. The van der Waals surface area contributed by atoms with Crippen molar-refractivity contribution in [1.29, 1.82) is 0 Å². The lowest BCUT2D eigenvalue weighted by molar-refractivity contribution is -0.0149. The number of aliphatic hydroxyl groups is 1. The van der Waals surface area contributed by atoms with Crippen LogP contribution < -0.4 is 0 Å². The topological polar surface area (TPSA) is 20.2 Å². The van der Waals surface area contributed by atoms with Crippen LogP contribution in [0.1, 0.15) is 24.8 Å². The number of hydrogen-bond donors (Lipinski definition) is 1. The van der Waals surface area contributed by atoms with E-state index in [1.54, 1.807) is 0 Å². The minimum Gasteiger partial charge on any atom is -0.385 e. The van der Waals surface area contributed by atoms with Crippen molar-refractivity contribution in [3.05, 3.63) is 41.3 Å². The molecule has 1 aromatic rings. The SMILES string of the molecule is O[C@]1(c2ccc(Cl)cc2)CC2[CH]C1CC2. The summed E-state index contributed by atoms with van der Waals surface area (Å²) in [6.07, 6.45) is 5.60. The van der Waals surface area contributed by atoms with Crippen LogP contribution in [0.5, 0.6) is 0 Å². The molecule has 0 aromatic heterocycles. The quantitative estimate of drug-likeness (QED) is 0.773. The highest BCUT2D eigenvalue weighted by Crippen LogP contribution is 2.54. The molecule has 1 aromatic carbocycles. The molecule has 2 bridgehead atoms. The molecular weight excluding hydrogens is 208 g/mol. The van der Waals surface area contributed by atoms with Gasteiger partial charge in [0.25, 0.3) is 0 Å². The van der Waals surface area contributed by atoms with Gasteiger partial charge < -0.3 is 5.11 Å². The van der Waals surface area contributed by atoms with Crippen molar-refractivity contribution >= 4 is 11.6 Å². The third kappa shape index (κ3) is 1.41. The van der Waals surface area contributed by atoms with E-state index in [2.05, 4.69) is 6.42 Å². The van der Waals surface area contributed by atoms with E-state index in [4.69, 9.17) is 11.6 Å². The van der Waals surface area contributed by atoms with Gasteiger partial charge in [0.05, 0.1) is 5.60 Å². The van der Waals surface area contributed by atoms with E-state index in [0.29, 0.717) is 11.8 Å². The highest BCUT2D eigenvalue weighted by atomic mass is 35.5. The third-order valence-electron chi connectivity index (χ3n) is 3.88. The molecule has 79 valence electrons. The van der Waals surface area contributed by atoms with Crippen LogP contribution in [0.15, 0.2) is 24.3 Å². The molecule has 3 rings (SSSR count). The van der Waals surface area contributed by atoms with Gasteiger partial charge >= 0.3 is 0 Å². The van der Waals surface area contributed by atoms with Crippen LogP contribution in [0.25, 0.3) is 0 Å². The van der Waals surface area contributed by atoms with Gasteiger partial charge in [-0.15, -0.1) is 0 Å². The van der Waals surface area contributed by atoms with Gasteiger partial charge in [-0.25, -0.2) is 0 Å². The fraction of sp³-hybridized carbons (Fsp3) is 0.462. The predicted octanol–water partition coefficient (Wildman–Crippen LogP) is 3.16. The maximum atomic E-state index is 10.7. The van der Waals surface area contributed by atoms with Gasteiger partial charge in [-0.3, -0.25) is 0 Å². The van der Waals surface area contributed by atoms with Gasteiger partial charge in [-0.1, -0.05) is 23.7 Å². The third-order valence-corrected chi connectivity index (χ3v) is 4.14. The number of benzene rings is 1. The summed E-state index contributed by atoms with van der Waals surface area (Å²) in [5, 5.41) is 11.4. The second-order valence-corrected chi connectivity index (χ2v) is 5.21. The number of hydrogen-bond acceptors (Lipinski definition) is 1. The molecule has 3 atom stereocenters. The largest absolute Gasteiger partial charge is 0.385 e. The normalized spacial score (nSPS) is 38.5. The first-order valence-electron chi connectivity index (χ1n) is 5.52. The zero-order valence-corrected chi connectivity index (χ0v) is 9.24. The van der Waals surface area contributed by atoms with E-state index in [9.17, 15) is 5.11 Å². The summed E-state index contributed by atoms with van der Waals surface area (Å²) in [6.45, 7) is 0. The molecule has 1 N–H and O–H groups in total. The minimum atomic E-state index is -0.618. The average Bonchev–Trinajstić information content (AvgIpc) is 2.78. The fourth-order valence-corrected chi connectivity index (χ4v) is 3.23. The van der Waals surface area contributed by atoms with E-state index in [1.807, 2.05) is 24.3 Å². The lowest BCUT2D eigenvalue weighted by atomic mass is 9.79. The molecule has 2 aliphatic carbocycles. The molecule has 2 heteroatoms. The molecular formula is C13H14ClO. The lowest BCUT2D eigenvalue weighted by Gasteiger charge is -2.32. The molecule has 0 spiro atoms. The van der Waals surface area contributed by atoms with E-state index >= 15 is 0 Å². The van der Waals surface area contributed by atoms with Crippen LogP contribution in [0.4, 0.5) is 0 Å². The molecule has 1 radical (unpaired) electrons. The van der Waals surface area contributed by atoms with Crippen molar-refractivity contribution in [2.75, 3.05) is 0 Å². The van der Waals surface area contributed by atoms with Crippen molar-refractivity contribution in [1.82, 2.24) is 0 Å². The number of rotatable bonds is 1. The van der Waals surface area contributed by atoms with E-state index in [1.165, 1.54) is 6.42 Å². The summed E-state index contributed by atoms with van der Waals surface area (Å²) in [4.78, 5) is 0. The Morgan fingerprint density at radius 1 is 1.20 bits per heavy atom. The molecule has 0 saturated heterocycles. The van der Waals surface area contributed by atoms with E-state index in [-0.39, 0.29) is 0 Å². The average molecular weight is 222 g/mol. The van der Waals surface area contributed by atoms with Crippen LogP contribution in [0, 0.1) is 18.3 Å². The summed E-state index contributed by atoms with van der Waals surface area (Å²) >= 11 is 5.85. The summed E-state index contributed by atoms with van der Waals surface area (Å²) in [5.41, 5.74) is 0.406. The highest BCUT2D eigenvalue weighted by molar-refractivity contribution is 6.30. The summed E-state index contributed by atoms with van der Waals surface area (Å²) in [5.74, 6) is 0.972. The Bertz CT molecular complexity index is 373. The Hall–Kier alpha value is -0.530. The van der Waals surface area contributed by atoms with Crippen LogP contribution in [-0.2, 0) is 5.60 Å². The number of halogens is 1. The van der Waals surface area contributed by atoms with Crippen molar-refractivity contribution < 1.29 is 5.11 Å². The molecule has 1 nitrogen and oxygen atoms in total. The minimum absolute atomic E-state index is 0.351. The first kappa shape index (κ1) is 9.68. The molecule has 0 aliphatic heterocycles.